The molecular weight excluding hydrogens is 480 g/mol. The number of nitrogens with zero attached hydrogens (tertiary/aromatic N) is 5. The number of aromatic nitrogens is 5. The Morgan fingerprint density at radius 1 is 1.05 bits per heavy atom. The third-order valence-electron chi connectivity index (χ3n) is 7.38. The molecule has 1 atom stereocenters. The second kappa shape index (κ2) is 10.4. The maximum absolute atomic E-state index is 13.8. The van der Waals surface area contributed by atoms with Crippen LogP contribution in [0.3, 0.4) is 0 Å². The van der Waals surface area contributed by atoms with Gasteiger partial charge in [-0.15, -0.1) is 16.4 Å². The van der Waals surface area contributed by atoms with Crippen molar-refractivity contribution in [3.63, 3.8) is 0 Å². The second-order valence-corrected chi connectivity index (χ2v) is 10.9. The lowest BCUT2D eigenvalue weighted by atomic mass is 10.0. The Kier molecular flexibility index (Phi) is 6.68. The van der Waals surface area contributed by atoms with Crippen LogP contribution in [0, 0.1) is 6.92 Å². The number of tetrazole rings is 1. The van der Waals surface area contributed by atoms with Gasteiger partial charge in [-0.1, -0.05) is 67.4 Å². The molecule has 188 valence electrons. The Bertz CT molecular complexity index is 1540. The van der Waals surface area contributed by atoms with Crippen LogP contribution in [0.4, 0.5) is 0 Å². The van der Waals surface area contributed by atoms with E-state index < -0.39 is 6.04 Å². The molecule has 37 heavy (non-hydrogen) atoms. The van der Waals surface area contributed by atoms with Gasteiger partial charge in [0.1, 0.15) is 6.04 Å². The molecule has 0 radical (unpaired) electrons. The Balaban J connectivity index is 1.54. The molecule has 1 fully saturated rings. The second-order valence-electron chi connectivity index (χ2n) is 9.89. The van der Waals surface area contributed by atoms with Crippen molar-refractivity contribution in [3.05, 3.63) is 110 Å². The van der Waals surface area contributed by atoms with Crippen LogP contribution in [-0.2, 0) is 13.1 Å². The van der Waals surface area contributed by atoms with Crippen LogP contribution in [0.5, 0.6) is 0 Å². The zero-order valence-corrected chi connectivity index (χ0v) is 21.7. The third-order valence-corrected chi connectivity index (χ3v) is 8.24. The van der Waals surface area contributed by atoms with Crippen LogP contribution >= 0.6 is 11.3 Å². The van der Waals surface area contributed by atoms with Crippen molar-refractivity contribution in [1.82, 2.24) is 30.1 Å². The van der Waals surface area contributed by atoms with Crippen LogP contribution in [0.1, 0.15) is 65.2 Å². The monoisotopic (exact) mass is 510 g/mol. The summed E-state index contributed by atoms with van der Waals surface area (Å²) in [5.74, 6) is 0.733. The molecule has 0 aliphatic heterocycles. The zero-order chi connectivity index (χ0) is 25.2. The highest BCUT2D eigenvalue weighted by Crippen LogP contribution is 2.35. The fraction of sp³-hybridized carbons (Fsp3) is 0.310. The molecule has 0 saturated heterocycles. The van der Waals surface area contributed by atoms with Gasteiger partial charge in [0.15, 0.2) is 5.82 Å². The van der Waals surface area contributed by atoms with E-state index in [2.05, 4.69) is 73.3 Å². The number of pyridine rings is 1. The van der Waals surface area contributed by atoms with Gasteiger partial charge in [0, 0.05) is 23.5 Å². The molecule has 1 N–H and O–H groups in total. The number of rotatable bonds is 8. The largest absolute Gasteiger partial charge is 0.321 e. The van der Waals surface area contributed by atoms with Gasteiger partial charge in [-0.25, -0.2) is 4.68 Å². The van der Waals surface area contributed by atoms with Gasteiger partial charge in [0.2, 0.25) is 0 Å². The van der Waals surface area contributed by atoms with E-state index in [1.54, 1.807) is 11.3 Å². The maximum atomic E-state index is 13.8. The minimum absolute atomic E-state index is 0.1000. The van der Waals surface area contributed by atoms with E-state index >= 15 is 0 Å². The fourth-order valence-electron chi connectivity index (χ4n) is 5.55. The number of nitrogens with one attached hydrogen (secondary N) is 1. The molecule has 2 aromatic carbocycles. The lowest BCUT2D eigenvalue weighted by Crippen LogP contribution is -2.35. The van der Waals surface area contributed by atoms with Crippen molar-refractivity contribution in [3.8, 4) is 0 Å². The molecule has 1 saturated carbocycles. The summed E-state index contributed by atoms with van der Waals surface area (Å²) in [4.78, 5) is 20.5. The van der Waals surface area contributed by atoms with Crippen molar-refractivity contribution in [2.75, 3.05) is 0 Å². The topological polar surface area (TPSA) is 79.7 Å². The number of aromatic amines is 1. The van der Waals surface area contributed by atoms with Crippen LogP contribution in [-0.4, -0.2) is 30.1 Å². The summed E-state index contributed by atoms with van der Waals surface area (Å²) in [7, 11) is 0. The van der Waals surface area contributed by atoms with E-state index in [0.717, 1.165) is 35.1 Å². The summed E-state index contributed by atoms with van der Waals surface area (Å²) in [6.07, 6.45) is 4.46. The SMILES string of the molecule is Cc1cccc2cc(C(c3nnnn3C3CCCC3)N(Cc3ccccc3)Cc3cccs3)c(=O)[nH]c12. The molecule has 1 unspecified atom stereocenters. The lowest BCUT2D eigenvalue weighted by Gasteiger charge is -2.31. The van der Waals surface area contributed by atoms with Crippen LogP contribution in [0.25, 0.3) is 10.9 Å². The molecule has 1 aliphatic carbocycles. The van der Waals surface area contributed by atoms with Crippen molar-refractivity contribution < 1.29 is 0 Å². The highest BCUT2D eigenvalue weighted by Gasteiger charge is 2.33. The number of benzene rings is 2. The first-order valence-corrected chi connectivity index (χ1v) is 13.8. The van der Waals surface area contributed by atoms with E-state index in [9.17, 15) is 4.79 Å². The van der Waals surface area contributed by atoms with Crippen molar-refractivity contribution in [1.29, 1.82) is 0 Å². The molecule has 3 heterocycles. The van der Waals surface area contributed by atoms with Gasteiger partial charge in [0.25, 0.3) is 5.56 Å². The number of para-hydroxylation sites is 1. The quantitative estimate of drug-likeness (QED) is 0.286. The van der Waals surface area contributed by atoms with Crippen molar-refractivity contribution in [2.24, 2.45) is 0 Å². The highest BCUT2D eigenvalue weighted by molar-refractivity contribution is 7.09. The van der Waals surface area contributed by atoms with E-state index in [1.807, 2.05) is 35.9 Å². The third kappa shape index (κ3) is 4.86. The fourth-order valence-corrected chi connectivity index (χ4v) is 6.28. The van der Waals surface area contributed by atoms with Crippen LogP contribution in [0.2, 0.25) is 0 Å². The number of hydrogen-bond donors (Lipinski definition) is 1. The predicted molar refractivity (Wildman–Crippen MR) is 146 cm³/mol. The molecule has 0 bridgehead atoms. The molecule has 1 aliphatic rings. The first kappa shape index (κ1) is 23.8. The van der Waals surface area contributed by atoms with E-state index in [4.69, 9.17) is 0 Å². The summed E-state index contributed by atoms with van der Waals surface area (Å²) in [5, 5.41) is 16.3. The minimum Gasteiger partial charge on any atom is -0.321 e. The normalized spacial score (nSPS) is 15.1. The van der Waals surface area contributed by atoms with Crippen LogP contribution in [0.15, 0.2) is 76.9 Å². The summed E-state index contributed by atoms with van der Waals surface area (Å²) in [6.45, 7) is 3.36. The smallest absolute Gasteiger partial charge is 0.253 e. The Morgan fingerprint density at radius 3 is 2.68 bits per heavy atom. The predicted octanol–water partition coefficient (Wildman–Crippen LogP) is 5.79. The molecule has 0 amide bonds. The van der Waals surface area contributed by atoms with Crippen molar-refractivity contribution in [2.45, 2.75) is 57.8 Å². The summed E-state index contributed by atoms with van der Waals surface area (Å²) in [5.41, 5.74) is 3.67. The average Bonchev–Trinajstić information content (AvgIpc) is 3.69. The standard InChI is InChI=1S/C29H30N6OS/c1-20-9-7-12-22-17-25(29(36)30-26(20)22)27(28-31-32-33-35(28)23-13-5-6-14-23)34(19-24-15-8-16-37-24)18-21-10-3-2-4-11-21/h2-4,7-12,15-17,23,27H,5-6,13-14,18-19H2,1H3,(H,30,36). The molecule has 0 spiro atoms. The van der Waals surface area contributed by atoms with Gasteiger partial charge in [-0.3, -0.25) is 9.69 Å². The number of aryl methyl sites for hydroxylation is 1. The van der Waals surface area contributed by atoms with Gasteiger partial charge >= 0.3 is 0 Å². The Hall–Kier alpha value is -3.62. The Labute approximate surface area is 219 Å². The molecule has 3 aromatic heterocycles. The van der Waals surface area contributed by atoms with Crippen LogP contribution < -0.4 is 5.56 Å². The summed E-state index contributed by atoms with van der Waals surface area (Å²) >= 11 is 1.72. The van der Waals surface area contributed by atoms with Crippen molar-refractivity contribution >= 4 is 22.2 Å². The van der Waals surface area contributed by atoms with E-state index in [0.29, 0.717) is 18.7 Å². The van der Waals surface area contributed by atoms with E-state index in [-0.39, 0.29) is 11.6 Å². The highest BCUT2D eigenvalue weighted by atomic mass is 32.1. The summed E-state index contributed by atoms with van der Waals surface area (Å²) in [6, 6.07) is 22.6. The minimum atomic E-state index is -0.411. The number of H-pyrrole nitrogens is 1. The van der Waals surface area contributed by atoms with Gasteiger partial charge in [0.05, 0.1) is 11.6 Å². The summed E-state index contributed by atoms with van der Waals surface area (Å²) < 4.78 is 1.99. The number of fused-ring (bicyclic) bond motifs is 1. The zero-order valence-electron chi connectivity index (χ0n) is 20.9. The number of thiophene rings is 1. The van der Waals surface area contributed by atoms with Gasteiger partial charge < -0.3 is 4.98 Å². The van der Waals surface area contributed by atoms with Gasteiger partial charge in [-0.2, -0.15) is 0 Å². The number of hydrogen-bond acceptors (Lipinski definition) is 6. The molecular formula is C29H30N6OS. The van der Waals surface area contributed by atoms with E-state index in [1.165, 1.54) is 23.3 Å². The lowest BCUT2D eigenvalue weighted by molar-refractivity contribution is 0.192. The molecule has 6 rings (SSSR count). The molecule has 5 aromatic rings. The average molecular weight is 511 g/mol. The van der Waals surface area contributed by atoms with Gasteiger partial charge in [-0.05, 0) is 64.2 Å². The first-order valence-electron chi connectivity index (χ1n) is 12.9. The first-order chi connectivity index (χ1) is 18.2. The molecule has 7 nitrogen and oxygen atoms in total. The molecule has 8 heteroatoms. The maximum Gasteiger partial charge on any atom is 0.253 e. The Morgan fingerprint density at radius 2 is 1.89 bits per heavy atom.